The lowest BCUT2D eigenvalue weighted by atomic mass is 10.1. The van der Waals surface area contributed by atoms with Gasteiger partial charge in [0.25, 0.3) is 0 Å². The van der Waals surface area contributed by atoms with Crippen molar-refractivity contribution in [2.45, 2.75) is 6.92 Å². The van der Waals surface area contributed by atoms with Crippen LogP contribution in [0, 0.1) is 0 Å². The largest absolute Gasteiger partial charge is 0.497 e. The van der Waals surface area contributed by atoms with E-state index >= 15 is 0 Å². The minimum Gasteiger partial charge on any atom is -0.497 e. The number of hydrogen-bond donors (Lipinski definition) is 1. The summed E-state index contributed by atoms with van der Waals surface area (Å²) in [5.74, 6) is 0.128. The summed E-state index contributed by atoms with van der Waals surface area (Å²) < 4.78 is 5.14. The first-order valence-electron chi connectivity index (χ1n) is 6.83. The van der Waals surface area contributed by atoms with Gasteiger partial charge in [-0.25, -0.2) is 0 Å². The van der Waals surface area contributed by atoms with E-state index in [0.29, 0.717) is 17.0 Å². The van der Waals surface area contributed by atoms with Crippen molar-refractivity contribution in [3.63, 3.8) is 0 Å². The third-order valence-electron chi connectivity index (χ3n) is 3.03. The Hall–Kier alpha value is -2.88. The Bertz CT molecular complexity index is 706. The van der Waals surface area contributed by atoms with Crippen molar-refractivity contribution >= 4 is 23.5 Å². The summed E-state index contributed by atoms with van der Waals surface area (Å²) >= 11 is 0. The SMILES string of the molecule is COc1ccc(NC(C)=O)c(C(=O)/C=C/c2ccccc2)c1. The number of rotatable bonds is 5. The van der Waals surface area contributed by atoms with E-state index in [1.807, 2.05) is 30.3 Å². The molecule has 4 nitrogen and oxygen atoms in total. The van der Waals surface area contributed by atoms with Gasteiger partial charge in [0, 0.05) is 12.5 Å². The molecule has 1 N–H and O–H groups in total. The number of allylic oxidation sites excluding steroid dienone is 1. The van der Waals surface area contributed by atoms with Crippen LogP contribution in [0.5, 0.6) is 5.75 Å². The van der Waals surface area contributed by atoms with Crippen molar-refractivity contribution in [3.8, 4) is 5.75 Å². The molecule has 0 aliphatic carbocycles. The van der Waals surface area contributed by atoms with Crippen LogP contribution in [0.2, 0.25) is 0 Å². The van der Waals surface area contributed by atoms with Crippen molar-refractivity contribution in [2.75, 3.05) is 12.4 Å². The van der Waals surface area contributed by atoms with E-state index < -0.39 is 0 Å². The van der Waals surface area contributed by atoms with E-state index in [-0.39, 0.29) is 11.7 Å². The summed E-state index contributed by atoms with van der Waals surface area (Å²) in [5.41, 5.74) is 1.79. The molecule has 2 aromatic carbocycles. The van der Waals surface area contributed by atoms with Gasteiger partial charge in [0.05, 0.1) is 12.8 Å². The van der Waals surface area contributed by atoms with Crippen LogP contribution in [0.3, 0.4) is 0 Å². The predicted molar refractivity (Wildman–Crippen MR) is 87.1 cm³/mol. The monoisotopic (exact) mass is 295 g/mol. The molecule has 0 heterocycles. The van der Waals surface area contributed by atoms with E-state index in [1.165, 1.54) is 20.1 Å². The summed E-state index contributed by atoms with van der Waals surface area (Å²) in [6.45, 7) is 1.40. The van der Waals surface area contributed by atoms with Crippen LogP contribution >= 0.6 is 0 Å². The molecule has 0 aliphatic heterocycles. The molecule has 22 heavy (non-hydrogen) atoms. The molecular formula is C18H17NO3. The Morgan fingerprint density at radius 2 is 1.82 bits per heavy atom. The first-order chi connectivity index (χ1) is 10.6. The fourth-order valence-corrected chi connectivity index (χ4v) is 1.98. The van der Waals surface area contributed by atoms with E-state index in [2.05, 4.69) is 5.32 Å². The quantitative estimate of drug-likeness (QED) is 0.678. The Balaban J connectivity index is 2.30. The number of ketones is 1. The van der Waals surface area contributed by atoms with Crippen LogP contribution in [-0.4, -0.2) is 18.8 Å². The first kappa shape index (κ1) is 15.5. The Kier molecular flexibility index (Phi) is 5.09. The van der Waals surface area contributed by atoms with E-state index in [0.717, 1.165) is 5.56 Å². The van der Waals surface area contributed by atoms with Gasteiger partial charge in [-0.1, -0.05) is 36.4 Å². The lowest BCUT2D eigenvalue weighted by Crippen LogP contribution is -2.10. The standard InChI is InChI=1S/C18H17NO3/c1-13(20)19-17-10-9-15(22-2)12-16(17)18(21)11-8-14-6-4-3-5-7-14/h3-12H,1-2H3,(H,19,20)/b11-8+. The molecule has 0 unspecified atom stereocenters. The molecular weight excluding hydrogens is 278 g/mol. The van der Waals surface area contributed by atoms with Crippen molar-refractivity contribution in [1.29, 1.82) is 0 Å². The molecule has 0 spiro atoms. The maximum absolute atomic E-state index is 12.4. The second kappa shape index (κ2) is 7.22. The van der Waals surface area contributed by atoms with Gasteiger partial charge in [-0.3, -0.25) is 9.59 Å². The van der Waals surface area contributed by atoms with Gasteiger partial charge in [0.15, 0.2) is 5.78 Å². The lowest BCUT2D eigenvalue weighted by Gasteiger charge is -2.09. The van der Waals surface area contributed by atoms with Crippen LogP contribution in [0.25, 0.3) is 6.08 Å². The predicted octanol–water partition coefficient (Wildman–Crippen LogP) is 3.55. The second-order valence-corrected chi connectivity index (χ2v) is 4.70. The first-order valence-corrected chi connectivity index (χ1v) is 6.83. The topological polar surface area (TPSA) is 55.4 Å². The number of amides is 1. The number of carbonyl (C=O) groups excluding carboxylic acids is 2. The van der Waals surface area contributed by atoms with Gasteiger partial charge in [-0.15, -0.1) is 0 Å². The van der Waals surface area contributed by atoms with E-state index in [1.54, 1.807) is 24.3 Å². The van der Waals surface area contributed by atoms with Gasteiger partial charge in [0.1, 0.15) is 5.75 Å². The highest BCUT2D eigenvalue weighted by atomic mass is 16.5. The highest BCUT2D eigenvalue weighted by Gasteiger charge is 2.11. The number of hydrogen-bond acceptors (Lipinski definition) is 3. The zero-order chi connectivity index (χ0) is 15.9. The Morgan fingerprint density at radius 3 is 2.45 bits per heavy atom. The number of benzene rings is 2. The Morgan fingerprint density at radius 1 is 1.09 bits per heavy atom. The zero-order valence-corrected chi connectivity index (χ0v) is 12.5. The fourth-order valence-electron chi connectivity index (χ4n) is 1.98. The molecule has 0 bridgehead atoms. The molecule has 0 aliphatic rings. The highest BCUT2D eigenvalue weighted by Crippen LogP contribution is 2.23. The van der Waals surface area contributed by atoms with E-state index in [4.69, 9.17) is 4.74 Å². The second-order valence-electron chi connectivity index (χ2n) is 4.70. The van der Waals surface area contributed by atoms with Gasteiger partial charge in [-0.2, -0.15) is 0 Å². The van der Waals surface area contributed by atoms with Crippen LogP contribution < -0.4 is 10.1 Å². The smallest absolute Gasteiger partial charge is 0.221 e. The van der Waals surface area contributed by atoms with Crippen molar-refractivity contribution in [2.24, 2.45) is 0 Å². The minimum absolute atomic E-state index is 0.202. The van der Waals surface area contributed by atoms with Crippen LogP contribution in [0.15, 0.2) is 54.6 Å². The summed E-state index contributed by atoms with van der Waals surface area (Å²) in [7, 11) is 1.53. The molecule has 0 atom stereocenters. The summed E-state index contributed by atoms with van der Waals surface area (Å²) in [6.07, 6.45) is 3.22. The van der Waals surface area contributed by atoms with Crippen molar-refractivity contribution in [1.82, 2.24) is 0 Å². The van der Waals surface area contributed by atoms with Crippen LogP contribution in [0.4, 0.5) is 5.69 Å². The number of methoxy groups -OCH3 is 1. The molecule has 0 aromatic heterocycles. The molecule has 4 heteroatoms. The molecule has 112 valence electrons. The number of carbonyl (C=O) groups is 2. The van der Waals surface area contributed by atoms with Crippen LogP contribution in [0.1, 0.15) is 22.8 Å². The van der Waals surface area contributed by atoms with Gasteiger partial charge >= 0.3 is 0 Å². The number of ether oxygens (including phenoxy) is 1. The molecule has 2 rings (SSSR count). The van der Waals surface area contributed by atoms with Crippen molar-refractivity contribution in [3.05, 3.63) is 65.7 Å². The van der Waals surface area contributed by atoms with Gasteiger partial charge < -0.3 is 10.1 Å². The minimum atomic E-state index is -0.230. The normalized spacial score (nSPS) is 10.5. The van der Waals surface area contributed by atoms with Gasteiger partial charge in [0.2, 0.25) is 5.91 Å². The van der Waals surface area contributed by atoms with Crippen molar-refractivity contribution < 1.29 is 14.3 Å². The molecule has 0 saturated heterocycles. The lowest BCUT2D eigenvalue weighted by molar-refractivity contribution is -0.114. The summed E-state index contributed by atoms with van der Waals surface area (Å²) in [6, 6.07) is 14.5. The van der Waals surface area contributed by atoms with Crippen LogP contribution in [-0.2, 0) is 4.79 Å². The number of nitrogens with one attached hydrogen (secondary N) is 1. The summed E-state index contributed by atoms with van der Waals surface area (Å²) in [5, 5.41) is 2.65. The van der Waals surface area contributed by atoms with Gasteiger partial charge in [-0.05, 0) is 29.8 Å². The maximum Gasteiger partial charge on any atom is 0.221 e. The van der Waals surface area contributed by atoms with E-state index in [9.17, 15) is 9.59 Å². The molecule has 1 amide bonds. The molecule has 0 fully saturated rings. The zero-order valence-electron chi connectivity index (χ0n) is 12.5. The number of anilines is 1. The fraction of sp³-hybridized carbons (Fsp3) is 0.111. The summed E-state index contributed by atoms with van der Waals surface area (Å²) in [4.78, 5) is 23.6. The maximum atomic E-state index is 12.4. The average Bonchev–Trinajstić information content (AvgIpc) is 2.53. The molecule has 2 aromatic rings. The third kappa shape index (κ3) is 4.06. The molecule has 0 saturated carbocycles. The Labute approximate surface area is 129 Å². The average molecular weight is 295 g/mol. The highest BCUT2D eigenvalue weighted by molar-refractivity contribution is 6.12. The third-order valence-corrected chi connectivity index (χ3v) is 3.03. The molecule has 0 radical (unpaired) electrons.